The van der Waals surface area contributed by atoms with Crippen molar-refractivity contribution >= 4 is 0 Å². The van der Waals surface area contributed by atoms with Crippen LogP contribution < -0.4 is 0 Å². The Morgan fingerprint density at radius 1 is 1.37 bits per heavy atom. The molecule has 0 radical (unpaired) electrons. The maximum Gasteiger partial charge on any atom is 0.153 e. The monoisotopic (exact) mass is 375 g/mol. The maximum atomic E-state index is 12.0. The van der Waals surface area contributed by atoms with Crippen molar-refractivity contribution < 1.29 is 20.1 Å². The first-order valence-corrected chi connectivity index (χ1v) is 10.8. The Kier molecular flexibility index (Phi) is 3.99. The summed E-state index contributed by atoms with van der Waals surface area (Å²) < 4.78 is 6.25. The number of hydrogen-bond donors (Lipinski definition) is 3. The Morgan fingerprint density at radius 2 is 2.15 bits per heavy atom. The molecule has 4 fully saturated rings. The summed E-state index contributed by atoms with van der Waals surface area (Å²) >= 11 is 0. The van der Waals surface area contributed by atoms with Crippen molar-refractivity contribution in [2.75, 3.05) is 13.1 Å². The van der Waals surface area contributed by atoms with Gasteiger partial charge < -0.3 is 20.1 Å². The van der Waals surface area contributed by atoms with Gasteiger partial charge >= 0.3 is 0 Å². The highest BCUT2D eigenvalue weighted by Gasteiger charge is 2.73. The van der Waals surface area contributed by atoms with Crippen LogP contribution in [0.5, 0.6) is 0 Å². The van der Waals surface area contributed by atoms with E-state index in [1.54, 1.807) is 6.08 Å². The molecule has 2 heterocycles. The first kappa shape index (κ1) is 18.0. The predicted molar refractivity (Wildman–Crippen MR) is 102 cm³/mol. The summed E-state index contributed by atoms with van der Waals surface area (Å²) in [5.41, 5.74) is -1.50. The summed E-state index contributed by atoms with van der Waals surface area (Å²) in [7, 11) is 0. The fraction of sp³-hybridized carbons (Fsp3) is 0.818. The fourth-order valence-corrected chi connectivity index (χ4v) is 6.95. The van der Waals surface area contributed by atoms with Gasteiger partial charge in [-0.3, -0.25) is 4.90 Å². The second kappa shape index (κ2) is 5.98. The van der Waals surface area contributed by atoms with Gasteiger partial charge in [0.15, 0.2) is 5.76 Å². The number of hydrogen-bond acceptors (Lipinski definition) is 5. The van der Waals surface area contributed by atoms with Gasteiger partial charge in [-0.05, 0) is 63.5 Å². The van der Waals surface area contributed by atoms with Crippen molar-refractivity contribution in [1.29, 1.82) is 0 Å². The Morgan fingerprint density at radius 3 is 2.81 bits per heavy atom. The molecular weight excluding hydrogens is 342 g/mol. The number of piperidine rings is 1. The van der Waals surface area contributed by atoms with Crippen molar-refractivity contribution in [1.82, 2.24) is 4.90 Å². The van der Waals surface area contributed by atoms with Gasteiger partial charge in [-0.2, -0.15) is 0 Å². The highest BCUT2D eigenvalue weighted by Crippen LogP contribution is 2.67. The van der Waals surface area contributed by atoms with E-state index in [2.05, 4.69) is 11.0 Å². The minimum atomic E-state index is -0.954. The first-order valence-electron chi connectivity index (χ1n) is 10.8. The lowest BCUT2D eigenvalue weighted by Crippen LogP contribution is -2.74. The molecule has 2 unspecified atom stereocenters. The van der Waals surface area contributed by atoms with Crippen LogP contribution in [0, 0.1) is 23.2 Å². The molecule has 0 aromatic heterocycles. The van der Waals surface area contributed by atoms with Gasteiger partial charge in [0.05, 0.1) is 17.1 Å². The van der Waals surface area contributed by atoms with Crippen molar-refractivity contribution in [3.05, 3.63) is 23.7 Å². The Bertz CT molecular complexity index is 682. The maximum absolute atomic E-state index is 12.0. The van der Waals surface area contributed by atoms with Crippen LogP contribution in [0.4, 0.5) is 0 Å². The average molecular weight is 376 g/mol. The third kappa shape index (κ3) is 2.22. The second-order valence-corrected chi connectivity index (χ2v) is 9.75. The van der Waals surface area contributed by atoms with Gasteiger partial charge in [-0.15, -0.1) is 0 Å². The standard InChI is InChI=1S/C22H33NO4/c1-3-15(24)20-22-9-10-23(12-13-5-4-6-13)17(21(22,2)26)11-14-7-8-16(25)19(27-20)18(14)22/h7-8,13-15,17-18,20,24-26H,3-6,9-12H2,1-2H3/t14?,15-,17+,18?,20-,21+,22-/m0/s1. The van der Waals surface area contributed by atoms with Crippen molar-refractivity contribution in [2.45, 2.75) is 76.2 Å². The minimum absolute atomic E-state index is 0.0363. The number of likely N-dealkylation sites (tertiary alicyclic amines) is 1. The van der Waals surface area contributed by atoms with Crippen molar-refractivity contribution in [2.24, 2.45) is 23.2 Å². The van der Waals surface area contributed by atoms with E-state index in [9.17, 15) is 15.3 Å². The van der Waals surface area contributed by atoms with Crippen LogP contribution in [0.15, 0.2) is 23.7 Å². The van der Waals surface area contributed by atoms with Crippen LogP contribution in [0.25, 0.3) is 0 Å². The van der Waals surface area contributed by atoms with Crippen LogP contribution in [0.1, 0.15) is 52.4 Å². The van der Waals surface area contributed by atoms with E-state index >= 15 is 0 Å². The van der Waals surface area contributed by atoms with Crippen molar-refractivity contribution in [3.63, 3.8) is 0 Å². The number of ether oxygens (including phenoxy) is 1. The molecule has 7 atom stereocenters. The van der Waals surface area contributed by atoms with Gasteiger partial charge in [-0.1, -0.05) is 19.4 Å². The highest BCUT2D eigenvalue weighted by atomic mass is 16.5. The van der Waals surface area contributed by atoms with E-state index in [0.717, 1.165) is 31.8 Å². The van der Waals surface area contributed by atoms with E-state index < -0.39 is 23.2 Å². The fourth-order valence-electron chi connectivity index (χ4n) is 6.95. The number of fused-ring (bicyclic) bond motifs is 1. The second-order valence-electron chi connectivity index (χ2n) is 9.75. The van der Waals surface area contributed by atoms with Crippen LogP contribution >= 0.6 is 0 Å². The molecule has 5 aliphatic rings. The average Bonchev–Trinajstić information content (AvgIpc) is 2.95. The van der Waals surface area contributed by atoms with E-state index in [1.165, 1.54) is 19.3 Å². The van der Waals surface area contributed by atoms with Gasteiger partial charge in [0.2, 0.25) is 0 Å². The SMILES string of the molecule is CC[C@H](O)[C@@H]1OC2=C(O)C=CC3C[C@H]4N(CC5CCC5)CC[C@@]1(C23)[C@]4(C)O. The van der Waals surface area contributed by atoms with Crippen LogP contribution in [-0.2, 0) is 4.74 Å². The third-order valence-electron chi connectivity index (χ3n) is 8.61. The summed E-state index contributed by atoms with van der Waals surface area (Å²) in [6.45, 7) is 5.94. The topological polar surface area (TPSA) is 73.2 Å². The van der Waals surface area contributed by atoms with Gasteiger partial charge in [0.1, 0.15) is 11.9 Å². The first-order chi connectivity index (χ1) is 12.9. The zero-order valence-electron chi connectivity index (χ0n) is 16.5. The number of allylic oxidation sites excluding steroid dienone is 3. The lowest BCUT2D eigenvalue weighted by atomic mass is 9.47. The highest BCUT2D eigenvalue weighted by molar-refractivity contribution is 5.37. The van der Waals surface area contributed by atoms with E-state index in [0.29, 0.717) is 12.2 Å². The molecule has 5 heteroatoms. The predicted octanol–water partition coefficient (Wildman–Crippen LogP) is 2.74. The lowest BCUT2D eigenvalue weighted by Gasteiger charge is -2.64. The van der Waals surface area contributed by atoms with E-state index in [-0.39, 0.29) is 23.6 Å². The molecule has 1 spiro atoms. The van der Waals surface area contributed by atoms with Crippen LogP contribution in [0.3, 0.4) is 0 Å². The zero-order chi connectivity index (χ0) is 19.0. The quantitative estimate of drug-likeness (QED) is 0.705. The Balaban J connectivity index is 1.58. The molecule has 3 N–H and O–H groups in total. The molecule has 3 aliphatic carbocycles. The third-order valence-corrected chi connectivity index (χ3v) is 8.61. The minimum Gasteiger partial charge on any atom is -0.504 e. The molecule has 150 valence electrons. The molecule has 2 aliphatic heterocycles. The normalized spacial score (nSPS) is 47.4. The molecule has 0 amide bonds. The molecule has 2 saturated carbocycles. The number of rotatable bonds is 4. The van der Waals surface area contributed by atoms with Crippen molar-refractivity contribution in [3.8, 4) is 0 Å². The molecule has 0 aromatic carbocycles. The molecule has 5 nitrogen and oxygen atoms in total. The Hall–Kier alpha value is -1.04. The van der Waals surface area contributed by atoms with E-state index in [4.69, 9.17) is 4.74 Å². The molecular formula is C22H33NO4. The molecule has 2 saturated heterocycles. The van der Waals surface area contributed by atoms with Gasteiger partial charge in [0.25, 0.3) is 0 Å². The molecule has 5 rings (SSSR count). The lowest BCUT2D eigenvalue weighted by molar-refractivity contribution is -0.237. The summed E-state index contributed by atoms with van der Waals surface area (Å²) in [6.07, 6.45) is 8.99. The molecule has 0 aromatic rings. The van der Waals surface area contributed by atoms with Crippen LogP contribution in [0.2, 0.25) is 0 Å². The molecule has 27 heavy (non-hydrogen) atoms. The summed E-state index contributed by atoms with van der Waals surface area (Å²) in [5.74, 6) is 1.76. The largest absolute Gasteiger partial charge is 0.504 e. The number of aliphatic hydroxyl groups is 3. The van der Waals surface area contributed by atoms with Gasteiger partial charge in [-0.25, -0.2) is 0 Å². The van der Waals surface area contributed by atoms with Crippen LogP contribution in [-0.4, -0.2) is 57.2 Å². The molecule has 2 bridgehead atoms. The zero-order valence-corrected chi connectivity index (χ0v) is 16.5. The summed E-state index contributed by atoms with van der Waals surface area (Å²) in [5, 5.41) is 33.3. The number of nitrogens with zero attached hydrogens (tertiary/aromatic N) is 1. The van der Waals surface area contributed by atoms with E-state index in [1.807, 2.05) is 13.8 Å². The smallest absolute Gasteiger partial charge is 0.153 e. The Labute approximate surface area is 161 Å². The number of aliphatic hydroxyl groups excluding tert-OH is 2. The summed E-state index contributed by atoms with van der Waals surface area (Å²) in [6, 6.07) is 0.0764. The van der Waals surface area contributed by atoms with Gasteiger partial charge in [0, 0.05) is 18.5 Å². The summed E-state index contributed by atoms with van der Waals surface area (Å²) in [4.78, 5) is 2.52.